The minimum atomic E-state index is 0.0607. The van der Waals surface area contributed by atoms with Gasteiger partial charge in [0.25, 0.3) is 0 Å². The summed E-state index contributed by atoms with van der Waals surface area (Å²) in [5.74, 6) is 0.806. The number of hydrogen-bond donors (Lipinski definition) is 0. The predicted octanol–water partition coefficient (Wildman–Crippen LogP) is 6.06. The average Bonchev–Trinajstić information content (AvgIpc) is 3.35. The Balaban J connectivity index is 1.61. The molecule has 5 nitrogen and oxygen atoms in total. The molecular weight excluding hydrogens is 436 g/mol. The maximum absolute atomic E-state index is 13.4. The van der Waals surface area contributed by atoms with Crippen molar-refractivity contribution in [2.45, 2.75) is 45.1 Å². The molecule has 0 saturated heterocycles. The van der Waals surface area contributed by atoms with Crippen molar-refractivity contribution >= 4 is 44.4 Å². The molecule has 0 spiro atoms. The van der Waals surface area contributed by atoms with Crippen molar-refractivity contribution in [3.63, 3.8) is 0 Å². The minimum absolute atomic E-state index is 0.0607. The number of hydrogen-bond acceptors (Lipinski definition) is 5. The molecule has 0 unspecified atom stereocenters. The number of fused-ring (bicyclic) bond motifs is 1. The molecule has 4 aromatic rings. The van der Waals surface area contributed by atoms with Gasteiger partial charge >= 0.3 is 0 Å². The second-order valence-corrected chi connectivity index (χ2v) is 10.2. The quantitative estimate of drug-likeness (QED) is 0.298. The lowest BCUT2D eigenvalue weighted by Gasteiger charge is -2.20. The van der Waals surface area contributed by atoms with Crippen molar-refractivity contribution in [2.24, 2.45) is 0 Å². The van der Waals surface area contributed by atoms with Crippen LogP contribution in [0.5, 0.6) is 0 Å². The molecule has 166 valence electrons. The summed E-state index contributed by atoms with van der Waals surface area (Å²) in [6, 6.07) is 18.4. The standard InChI is InChI=1S/C25H28N4OS2/c1-17(2)21-11-8-12-22-24(21)26-25(32-22)28(13-14-29-19(4)15-18(3)27-29)23(30)16-31-20-9-6-5-7-10-20/h5-12,15,17H,13-14,16H2,1-4H3. The lowest BCUT2D eigenvalue weighted by Crippen LogP contribution is -2.35. The van der Waals surface area contributed by atoms with E-state index >= 15 is 0 Å². The molecule has 2 heterocycles. The summed E-state index contributed by atoms with van der Waals surface area (Å²) in [5.41, 5.74) is 4.30. The van der Waals surface area contributed by atoms with Crippen molar-refractivity contribution in [3.8, 4) is 0 Å². The predicted molar refractivity (Wildman–Crippen MR) is 135 cm³/mol. The van der Waals surface area contributed by atoms with Gasteiger partial charge in [0.2, 0.25) is 5.91 Å². The molecular formula is C25H28N4OS2. The van der Waals surface area contributed by atoms with E-state index < -0.39 is 0 Å². The summed E-state index contributed by atoms with van der Waals surface area (Å²) in [6.07, 6.45) is 0. The lowest BCUT2D eigenvalue weighted by molar-refractivity contribution is -0.116. The van der Waals surface area contributed by atoms with Gasteiger partial charge in [0.1, 0.15) is 0 Å². The summed E-state index contributed by atoms with van der Waals surface area (Å²) in [4.78, 5) is 21.2. The molecule has 0 aliphatic heterocycles. The Labute approximate surface area is 197 Å². The molecule has 2 aromatic heterocycles. The Morgan fingerprint density at radius 1 is 1.12 bits per heavy atom. The van der Waals surface area contributed by atoms with Crippen LogP contribution < -0.4 is 4.90 Å². The summed E-state index contributed by atoms with van der Waals surface area (Å²) >= 11 is 3.15. The largest absolute Gasteiger partial charge is 0.285 e. The Kier molecular flexibility index (Phi) is 6.96. The highest BCUT2D eigenvalue weighted by Gasteiger charge is 2.21. The van der Waals surface area contributed by atoms with E-state index in [0.717, 1.165) is 31.6 Å². The summed E-state index contributed by atoms with van der Waals surface area (Å²) in [7, 11) is 0. The second kappa shape index (κ2) is 9.88. The topological polar surface area (TPSA) is 51.0 Å². The molecule has 0 aliphatic carbocycles. The zero-order valence-corrected chi connectivity index (χ0v) is 20.5. The molecule has 2 aromatic carbocycles. The fourth-order valence-corrected chi connectivity index (χ4v) is 5.54. The number of nitrogens with zero attached hydrogens (tertiary/aromatic N) is 4. The van der Waals surface area contributed by atoms with Gasteiger partial charge in [-0.3, -0.25) is 14.4 Å². The molecule has 32 heavy (non-hydrogen) atoms. The van der Waals surface area contributed by atoms with Crippen LogP contribution >= 0.6 is 23.1 Å². The average molecular weight is 465 g/mol. The highest BCUT2D eigenvalue weighted by atomic mass is 32.2. The van der Waals surface area contributed by atoms with Crippen molar-refractivity contribution in [3.05, 3.63) is 71.5 Å². The highest BCUT2D eigenvalue weighted by molar-refractivity contribution is 8.00. The van der Waals surface area contributed by atoms with Crippen LogP contribution in [0, 0.1) is 13.8 Å². The Morgan fingerprint density at radius 3 is 2.59 bits per heavy atom. The Hall–Kier alpha value is -2.64. The van der Waals surface area contributed by atoms with E-state index in [2.05, 4.69) is 43.2 Å². The number of aromatic nitrogens is 3. The summed E-state index contributed by atoms with van der Waals surface area (Å²) in [6.45, 7) is 9.56. The third-order valence-electron chi connectivity index (χ3n) is 5.34. The third-order valence-corrected chi connectivity index (χ3v) is 7.38. The highest BCUT2D eigenvalue weighted by Crippen LogP contribution is 2.34. The van der Waals surface area contributed by atoms with E-state index in [1.807, 2.05) is 53.8 Å². The summed E-state index contributed by atoms with van der Waals surface area (Å²) in [5, 5.41) is 5.32. The maximum atomic E-state index is 13.4. The van der Waals surface area contributed by atoms with E-state index in [4.69, 9.17) is 4.98 Å². The molecule has 7 heteroatoms. The van der Waals surface area contributed by atoms with E-state index in [9.17, 15) is 4.79 Å². The van der Waals surface area contributed by atoms with E-state index in [1.165, 1.54) is 5.56 Å². The first-order valence-electron chi connectivity index (χ1n) is 10.8. The number of thioether (sulfide) groups is 1. The van der Waals surface area contributed by atoms with Crippen LogP contribution in [0.15, 0.2) is 59.5 Å². The molecule has 0 atom stereocenters. The van der Waals surface area contributed by atoms with Gasteiger partial charge in [0.15, 0.2) is 5.13 Å². The van der Waals surface area contributed by atoms with Crippen molar-refractivity contribution in [1.29, 1.82) is 0 Å². The molecule has 0 saturated carbocycles. The molecule has 4 rings (SSSR count). The van der Waals surface area contributed by atoms with Crippen LogP contribution in [0.2, 0.25) is 0 Å². The second-order valence-electron chi connectivity index (χ2n) is 8.14. The Bertz CT molecular complexity index is 1210. The number of carbonyl (C=O) groups excluding carboxylic acids is 1. The number of amides is 1. The molecule has 1 amide bonds. The first kappa shape index (κ1) is 22.6. The van der Waals surface area contributed by atoms with Crippen molar-refractivity contribution < 1.29 is 4.79 Å². The normalized spacial score (nSPS) is 11.4. The van der Waals surface area contributed by atoms with Gasteiger partial charge in [-0.25, -0.2) is 4.98 Å². The van der Waals surface area contributed by atoms with E-state index in [0.29, 0.717) is 24.8 Å². The van der Waals surface area contributed by atoms with Gasteiger partial charge in [-0.1, -0.05) is 55.5 Å². The molecule has 0 fully saturated rings. The van der Waals surface area contributed by atoms with Gasteiger partial charge in [0, 0.05) is 17.1 Å². The van der Waals surface area contributed by atoms with Crippen molar-refractivity contribution in [2.75, 3.05) is 17.2 Å². The van der Waals surface area contributed by atoms with Gasteiger partial charge in [0.05, 0.1) is 28.2 Å². The first-order chi connectivity index (χ1) is 15.4. The number of rotatable bonds is 8. The third kappa shape index (κ3) is 5.05. The first-order valence-corrected chi connectivity index (χ1v) is 12.6. The van der Waals surface area contributed by atoms with Gasteiger partial charge < -0.3 is 0 Å². The van der Waals surface area contributed by atoms with Crippen LogP contribution in [0.1, 0.15) is 36.7 Å². The fourth-order valence-electron chi connectivity index (χ4n) is 3.70. The lowest BCUT2D eigenvalue weighted by atomic mass is 10.0. The van der Waals surface area contributed by atoms with E-state index in [1.54, 1.807) is 23.1 Å². The smallest absolute Gasteiger partial charge is 0.239 e. The maximum Gasteiger partial charge on any atom is 0.239 e. The number of anilines is 1. The van der Waals surface area contributed by atoms with Crippen molar-refractivity contribution in [1.82, 2.24) is 14.8 Å². The van der Waals surface area contributed by atoms with Crippen LogP contribution in [0.3, 0.4) is 0 Å². The minimum Gasteiger partial charge on any atom is -0.285 e. The molecule has 0 aliphatic rings. The molecule has 0 N–H and O–H groups in total. The van der Waals surface area contributed by atoms with Gasteiger partial charge in [-0.2, -0.15) is 5.10 Å². The molecule has 0 bridgehead atoms. The van der Waals surface area contributed by atoms with Crippen LogP contribution in [-0.4, -0.2) is 33.0 Å². The summed E-state index contributed by atoms with van der Waals surface area (Å²) < 4.78 is 3.08. The van der Waals surface area contributed by atoms with Crippen LogP contribution in [-0.2, 0) is 11.3 Å². The number of carbonyl (C=O) groups is 1. The number of thiazole rings is 1. The van der Waals surface area contributed by atoms with Gasteiger partial charge in [-0.05, 0) is 49.6 Å². The van der Waals surface area contributed by atoms with Crippen LogP contribution in [0.25, 0.3) is 10.2 Å². The number of para-hydroxylation sites is 1. The Morgan fingerprint density at radius 2 is 1.91 bits per heavy atom. The van der Waals surface area contributed by atoms with E-state index in [-0.39, 0.29) is 5.91 Å². The van der Waals surface area contributed by atoms with Crippen LogP contribution in [0.4, 0.5) is 5.13 Å². The molecule has 0 radical (unpaired) electrons. The number of aryl methyl sites for hydroxylation is 2. The number of benzene rings is 2. The van der Waals surface area contributed by atoms with Gasteiger partial charge in [-0.15, -0.1) is 11.8 Å². The fraction of sp³-hybridized carbons (Fsp3) is 0.320. The zero-order chi connectivity index (χ0) is 22.7. The monoisotopic (exact) mass is 464 g/mol. The zero-order valence-electron chi connectivity index (χ0n) is 18.9. The SMILES string of the molecule is Cc1cc(C)n(CCN(C(=O)CSc2ccccc2)c2nc3c(C(C)C)cccc3s2)n1.